The van der Waals surface area contributed by atoms with Crippen LogP contribution in [0.4, 0.5) is 10.5 Å². The van der Waals surface area contributed by atoms with Gasteiger partial charge < -0.3 is 20.9 Å². The third-order valence-electron chi connectivity index (χ3n) is 5.17. The molecule has 1 aliphatic heterocycles. The van der Waals surface area contributed by atoms with Crippen molar-refractivity contribution < 1.29 is 9.59 Å². The highest BCUT2D eigenvalue weighted by atomic mass is 16.2. The topological polar surface area (TPSA) is 73.5 Å². The fourth-order valence-corrected chi connectivity index (χ4v) is 3.31. The smallest absolute Gasteiger partial charge is 0.317 e. The van der Waals surface area contributed by atoms with Crippen molar-refractivity contribution in [1.82, 2.24) is 15.5 Å². The Morgan fingerprint density at radius 1 is 1.33 bits per heavy atom. The number of likely N-dealkylation sites (tertiary alicyclic amines) is 1. The van der Waals surface area contributed by atoms with Crippen molar-refractivity contribution in [2.45, 2.75) is 46.6 Å². The molecule has 0 spiro atoms. The number of benzene rings is 1. The van der Waals surface area contributed by atoms with E-state index in [1.165, 1.54) is 0 Å². The molecule has 0 unspecified atom stereocenters. The molecule has 30 heavy (non-hydrogen) atoms. The summed E-state index contributed by atoms with van der Waals surface area (Å²) in [5.41, 5.74) is 4.29. The molecule has 0 aliphatic carbocycles. The van der Waals surface area contributed by atoms with Crippen LogP contribution >= 0.6 is 0 Å². The number of carbonyl (C=O) groups is 2. The zero-order valence-corrected chi connectivity index (χ0v) is 18.5. The normalized spacial score (nSPS) is 17.0. The number of piperidine rings is 1. The summed E-state index contributed by atoms with van der Waals surface area (Å²) in [5.74, 6) is -0.132. The van der Waals surface area contributed by atoms with Crippen molar-refractivity contribution in [2.75, 3.05) is 25.0 Å². The Labute approximate surface area is 180 Å². The van der Waals surface area contributed by atoms with Crippen molar-refractivity contribution in [3.63, 3.8) is 0 Å². The number of amides is 3. The quantitative estimate of drug-likeness (QED) is 0.585. The van der Waals surface area contributed by atoms with Gasteiger partial charge in [0, 0.05) is 42.6 Å². The first-order valence-electron chi connectivity index (χ1n) is 10.6. The van der Waals surface area contributed by atoms with Crippen molar-refractivity contribution in [3.8, 4) is 0 Å². The fourth-order valence-electron chi connectivity index (χ4n) is 3.31. The van der Waals surface area contributed by atoms with E-state index in [0.717, 1.165) is 41.9 Å². The Balaban J connectivity index is 2.05. The monoisotopic (exact) mass is 410 g/mol. The maximum atomic E-state index is 12.8. The summed E-state index contributed by atoms with van der Waals surface area (Å²) >= 11 is 0. The summed E-state index contributed by atoms with van der Waals surface area (Å²) in [6.45, 7) is 13.8. The lowest BCUT2D eigenvalue weighted by molar-refractivity contribution is 0.0910. The number of nitrogens with zero attached hydrogens (tertiary/aromatic N) is 1. The minimum absolute atomic E-state index is 0.0486. The van der Waals surface area contributed by atoms with E-state index in [0.29, 0.717) is 18.7 Å². The number of hydrogen-bond donors (Lipinski definition) is 3. The van der Waals surface area contributed by atoms with Gasteiger partial charge in [0.25, 0.3) is 5.91 Å². The van der Waals surface area contributed by atoms with Crippen LogP contribution in [0.1, 0.15) is 49.5 Å². The molecule has 3 N–H and O–H groups in total. The van der Waals surface area contributed by atoms with Crippen molar-refractivity contribution in [3.05, 3.63) is 65.4 Å². The minimum atomic E-state index is -0.132. The van der Waals surface area contributed by atoms with E-state index in [1.54, 1.807) is 4.90 Å². The van der Waals surface area contributed by atoms with Gasteiger partial charge in [-0.3, -0.25) is 4.79 Å². The number of carbonyl (C=O) groups excluding carboxylic acids is 2. The second kappa shape index (κ2) is 11.2. The van der Waals surface area contributed by atoms with Crippen LogP contribution in [-0.2, 0) is 0 Å². The van der Waals surface area contributed by atoms with Gasteiger partial charge in [-0.15, -0.1) is 0 Å². The van der Waals surface area contributed by atoms with Crippen LogP contribution in [0.25, 0.3) is 0 Å². The number of nitrogens with one attached hydrogen (secondary N) is 3. The van der Waals surface area contributed by atoms with Crippen molar-refractivity contribution in [2.24, 2.45) is 0 Å². The molecule has 0 bridgehead atoms. The predicted octanol–water partition coefficient (Wildman–Crippen LogP) is 4.37. The molecule has 1 saturated heterocycles. The number of aryl methyl sites for hydroxylation is 1. The van der Waals surface area contributed by atoms with Gasteiger partial charge in [0.15, 0.2) is 0 Å². The third kappa shape index (κ3) is 6.51. The standard InChI is InChI=1S/C24H34N4O2/c1-6-8-10-17(3)19(5)26-22-15-20(13-12-18(22)4)23(29)27-21-11-9-14-28(16-21)24(30)25-7-2/h6,8,10,12-13,15,21,26H,5,7,9,11,14,16H2,1-4H3,(H,25,30)(H,27,29)/b8-6-,17-10+/t21-/m1/s1. The average molecular weight is 411 g/mol. The summed E-state index contributed by atoms with van der Waals surface area (Å²) in [6, 6.07) is 5.48. The molecule has 1 heterocycles. The van der Waals surface area contributed by atoms with Crippen LogP contribution in [0.2, 0.25) is 0 Å². The number of hydrogen-bond acceptors (Lipinski definition) is 3. The van der Waals surface area contributed by atoms with Crippen molar-refractivity contribution >= 4 is 17.6 Å². The lowest BCUT2D eigenvalue weighted by atomic mass is 10.0. The highest BCUT2D eigenvalue weighted by molar-refractivity contribution is 5.95. The lowest BCUT2D eigenvalue weighted by Crippen LogP contribution is -2.52. The average Bonchev–Trinajstić information content (AvgIpc) is 2.73. The molecule has 0 saturated carbocycles. The van der Waals surface area contributed by atoms with Crippen LogP contribution in [0.3, 0.4) is 0 Å². The maximum absolute atomic E-state index is 12.8. The van der Waals surface area contributed by atoms with E-state index in [1.807, 2.05) is 64.1 Å². The van der Waals surface area contributed by atoms with Gasteiger partial charge in [-0.2, -0.15) is 0 Å². The summed E-state index contributed by atoms with van der Waals surface area (Å²) in [7, 11) is 0. The first kappa shape index (κ1) is 23.3. The molecular weight excluding hydrogens is 376 g/mol. The minimum Gasteiger partial charge on any atom is -0.356 e. The zero-order valence-electron chi connectivity index (χ0n) is 18.5. The molecule has 1 aromatic rings. The second-order valence-corrected chi connectivity index (χ2v) is 7.60. The highest BCUT2D eigenvalue weighted by Crippen LogP contribution is 2.21. The number of allylic oxidation sites excluding steroid dienone is 4. The summed E-state index contributed by atoms with van der Waals surface area (Å²) < 4.78 is 0. The predicted molar refractivity (Wildman–Crippen MR) is 124 cm³/mol. The van der Waals surface area contributed by atoms with Crippen LogP contribution in [0.5, 0.6) is 0 Å². The van der Waals surface area contributed by atoms with Crippen LogP contribution in [-0.4, -0.2) is 42.5 Å². The van der Waals surface area contributed by atoms with E-state index >= 15 is 0 Å². The second-order valence-electron chi connectivity index (χ2n) is 7.60. The van der Waals surface area contributed by atoms with Gasteiger partial charge in [-0.1, -0.05) is 30.9 Å². The summed E-state index contributed by atoms with van der Waals surface area (Å²) in [5, 5.41) is 9.22. The molecule has 1 aromatic carbocycles. The van der Waals surface area contributed by atoms with Gasteiger partial charge in [-0.05, 0) is 63.8 Å². The number of anilines is 1. The summed E-state index contributed by atoms with van der Waals surface area (Å²) in [4.78, 5) is 26.7. The first-order valence-corrected chi connectivity index (χ1v) is 10.6. The first-order chi connectivity index (χ1) is 14.3. The van der Waals surface area contributed by atoms with Gasteiger partial charge >= 0.3 is 6.03 Å². The zero-order chi connectivity index (χ0) is 22.1. The van der Waals surface area contributed by atoms with E-state index in [2.05, 4.69) is 22.5 Å². The molecule has 3 amide bonds. The fraction of sp³-hybridized carbons (Fsp3) is 0.417. The van der Waals surface area contributed by atoms with E-state index in [-0.39, 0.29) is 18.0 Å². The molecule has 1 fully saturated rings. The Bertz CT molecular complexity index is 842. The largest absolute Gasteiger partial charge is 0.356 e. The van der Waals surface area contributed by atoms with Gasteiger partial charge in [-0.25, -0.2) is 4.79 Å². The van der Waals surface area contributed by atoms with Gasteiger partial charge in [0.05, 0.1) is 0 Å². The van der Waals surface area contributed by atoms with E-state index < -0.39 is 0 Å². The highest BCUT2D eigenvalue weighted by Gasteiger charge is 2.24. The van der Waals surface area contributed by atoms with Crippen LogP contribution in [0, 0.1) is 6.92 Å². The third-order valence-corrected chi connectivity index (χ3v) is 5.17. The SMILES string of the molecule is C=C(Nc1cc(C(=O)N[C@@H]2CCCN(C(=O)NCC)C2)ccc1C)/C(C)=C/C=C\C. The van der Waals surface area contributed by atoms with Crippen molar-refractivity contribution in [1.29, 1.82) is 0 Å². The van der Waals surface area contributed by atoms with Crippen LogP contribution in [0.15, 0.2) is 54.3 Å². The van der Waals surface area contributed by atoms with E-state index in [9.17, 15) is 9.59 Å². The maximum Gasteiger partial charge on any atom is 0.317 e. The van der Waals surface area contributed by atoms with E-state index in [4.69, 9.17) is 0 Å². The Kier molecular flexibility index (Phi) is 8.71. The molecular formula is C24H34N4O2. The van der Waals surface area contributed by atoms with Gasteiger partial charge in [0.2, 0.25) is 0 Å². The molecule has 0 aromatic heterocycles. The Morgan fingerprint density at radius 3 is 2.80 bits per heavy atom. The summed E-state index contributed by atoms with van der Waals surface area (Å²) in [6.07, 6.45) is 7.66. The van der Waals surface area contributed by atoms with Crippen LogP contribution < -0.4 is 16.0 Å². The molecule has 0 radical (unpaired) electrons. The lowest BCUT2D eigenvalue weighted by Gasteiger charge is -2.33. The Hall–Kier alpha value is -3.02. The number of rotatable bonds is 7. The molecule has 1 aliphatic rings. The molecule has 1 atom stereocenters. The number of urea groups is 1. The molecule has 6 heteroatoms. The molecule has 6 nitrogen and oxygen atoms in total. The molecule has 2 rings (SSSR count). The van der Waals surface area contributed by atoms with Gasteiger partial charge in [0.1, 0.15) is 0 Å². The molecule has 162 valence electrons. The Morgan fingerprint density at radius 2 is 2.10 bits per heavy atom.